The minimum atomic E-state index is -3.75. The van der Waals surface area contributed by atoms with Crippen LogP contribution in [0.2, 0.25) is 0 Å². The molecule has 0 radical (unpaired) electrons. The van der Waals surface area contributed by atoms with E-state index in [0.717, 1.165) is 12.1 Å². The Morgan fingerprint density at radius 2 is 1.82 bits per heavy atom. The molecule has 1 saturated heterocycles. The standard InChI is InChI=1S/C22H27F2N3O5S/c1-3-27(4-2)33(29,30)17-6-7-20(26-9-11-31-12-10-26)19(14-17)25-22(28)15-32-21-8-5-16(23)13-18(21)24/h5-8,13-14H,3-4,9-12,15H2,1-2H3,(H,25,28). The summed E-state index contributed by atoms with van der Waals surface area (Å²) in [6.07, 6.45) is 0. The van der Waals surface area contributed by atoms with E-state index in [1.165, 1.54) is 16.4 Å². The lowest BCUT2D eigenvalue weighted by atomic mass is 10.2. The molecule has 2 aromatic rings. The van der Waals surface area contributed by atoms with E-state index < -0.39 is 34.2 Å². The van der Waals surface area contributed by atoms with E-state index in [9.17, 15) is 22.0 Å². The predicted molar refractivity (Wildman–Crippen MR) is 120 cm³/mol. The number of halogens is 2. The fraction of sp³-hybridized carbons (Fsp3) is 0.409. The quantitative estimate of drug-likeness (QED) is 0.590. The number of carbonyl (C=O) groups excluding carboxylic acids is 1. The van der Waals surface area contributed by atoms with Gasteiger partial charge in [-0.05, 0) is 30.3 Å². The van der Waals surface area contributed by atoms with Crippen LogP contribution in [-0.2, 0) is 19.6 Å². The third kappa shape index (κ3) is 5.98. The van der Waals surface area contributed by atoms with Crippen LogP contribution in [0.3, 0.4) is 0 Å². The fourth-order valence-corrected chi connectivity index (χ4v) is 4.97. The molecule has 1 N–H and O–H groups in total. The second-order valence-electron chi connectivity index (χ2n) is 7.28. The summed E-state index contributed by atoms with van der Waals surface area (Å²) in [7, 11) is -3.75. The Labute approximate surface area is 192 Å². The SMILES string of the molecule is CCN(CC)S(=O)(=O)c1ccc(N2CCOCC2)c(NC(=O)COc2ccc(F)cc2F)c1. The number of anilines is 2. The van der Waals surface area contributed by atoms with Crippen molar-refractivity contribution in [2.45, 2.75) is 18.7 Å². The third-order valence-corrected chi connectivity index (χ3v) is 7.24. The highest BCUT2D eigenvalue weighted by atomic mass is 32.2. The van der Waals surface area contributed by atoms with Crippen LogP contribution >= 0.6 is 0 Å². The number of hydrogen-bond donors (Lipinski definition) is 1. The van der Waals surface area contributed by atoms with Crippen molar-refractivity contribution in [3.8, 4) is 5.75 Å². The molecule has 1 amide bonds. The summed E-state index contributed by atoms with van der Waals surface area (Å²) in [4.78, 5) is 14.6. The molecular formula is C22H27F2N3O5S. The van der Waals surface area contributed by atoms with Crippen molar-refractivity contribution in [3.05, 3.63) is 48.0 Å². The molecule has 11 heteroatoms. The molecule has 0 aliphatic carbocycles. The first-order chi connectivity index (χ1) is 15.8. The first kappa shape index (κ1) is 24.9. The van der Waals surface area contributed by atoms with Crippen LogP contribution in [0.4, 0.5) is 20.2 Å². The van der Waals surface area contributed by atoms with Crippen molar-refractivity contribution < 1.29 is 31.5 Å². The van der Waals surface area contributed by atoms with Gasteiger partial charge in [0.25, 0.3) is 5.91 Å². The van der Waals surface area contributed by atoms with Gasteiger partial charge in [-0.3, -0.25) is 4.79 Å². The summed E-state index contributed by atoms with van der Waals surface area (Å²) in [5, 5.41) is 2.67. The second kappa shape index (κ2) is 10.9. The molecule has 1 aliphatic rings. The van der Waals surface area contributed by atoms with Gasteiger partial charge in [-0.15, -0.1) is 0 Å². The van der Waals surface area contributed by atoms with Crippen molar-refractivity contribution >= 4 is 27.3 Å². The number of ether oxygens (including phenoxy) is 2. The maximum Gasteiger partial charge on any atom is 0.262 e. The molecular weight excluding hydrogens is 456 g/mol. The minimum Gasteiger partial charge on any atom is -0.481 e. The molecule has 33 heavy (non-hydrogen) atoms. The van der Waals surface area contributed by atoms with E-state index in [4.69, 9.17) is 9.47 Å². The summed E-state index contributed by atoms with van der Waals surface area (Å²) in [6, 6.07) is 7.35. The number of morpholine rings is 1. The van der Waals surface area contributed by atoms with E-state index in [1.807, 2.05) is 4.90 Å². The summed E-state index contributed by atoms with van der Waals surface area (Å²) in [5.74, 6) is -2.57. The molecule has 8 nitrogen and oxygen atoms in total. The third-order valence-electron chi connectivity index (χ3n) is 5.19. The molecule has 0 saturated carbocycles. The Morgan fingerprint density at radius 3 is 2.45 bits per heavy atom. The van der Waals surface area contributed by atoms with Gasteiger partial charge < -0.3 is 19.7 Å². The Balaban J connectivity index is 1.85. The summed E-state index contributed by atoms with van der Waals surface area (Å²) >= 11 is 0. The Bertz CT molecular complexity index is 1090. The van der Waals surface area contributed by atoms with Gasteiger partial charge in [-0.25, -0.2) is 17.2 Å². The predicted octanol–water partition coefficient (Wildman–Crippen LogP) is 2.85. The Hall–Kier alpha value is -2.76. The molecule has 0 spiro atoms. The molecule has 0 aromatic heterocycles. The molecule has 0 unspecified atom stereocenters. The van der Waals surface area contributed by atoms with Crippen LogP contribution in [0, 0.1) is 11.6 Å². The monoisotopic (exact) mass is 483 g/mol. The lowest BCUT2D eigenvalue weighted by molar-refractivity contribution is -0.118. The zero-order valence-electron chi connectivity index (χ0n) is 18.5. The topological polar surface area (TPSA) is 88.2 Å². The van der Waals surface area contributed by atoms with E-state index in [0.29, 0.717) is 56.8 Å². The normalized spacial score (nSPS) is 14.4. The number of amides is 1. The van der Waals surface area contributed by atoms with Crippen molar-refractivity contribution in [2.75, 3.05) is 56.2 Å². The minimum absolute atomic E-state index is 0.0454. The lowest BCUT2D eigenvalue weighted by Gasteiger charge is -2.31. The zero-order chi connectivity index (χ0) is 24.0. The van der Waals surface area contributed by atoms with Crippen LogP contribution in [-0.4, -0.2) is 64.6 Å². The highest BCUT2D eigenvalue weighted by Crippen LogP contribution is 2.31. The maximum atomic E-state index is 13.8. The Morgan fingerprint density at radius 1 is 1.12 bits per heavy atom. The van der Waals surface area contributed by atoms with Gasteiger partial charge in [0.1, 0.15) is 5.82 Å². The average molecular weight is 484 g/mol. The van der Waals surface area contributed by atoms with Gasteiger partial charge in [0.05, 0.1) is 29.5 Å². The highest BCUT2D eigenvalue weighted by Gasteiger charge is 2.25. The molecule has 1 fully saturated rings. The van der Waals surface area contributed by atoms with Gasteiger partial charge in [-0.1, -0.05) is 13.8 Å². The largest absolute Gasteiger partial charge is 0.481 e. The number of nitrogens with one attached hydrogen (secondary N) is 1. The summed E-state index contributed by atoms with van der Waals surface area (Å²) in [5.41, 5.74) is 0.927. The number of benzene rings is 2. The smallest absolute Gasteiger partial charge is 0.262 e. The number of hydrogen-bond acceptors (Lipinski definition) is 6. The fourth-order valence-electron chi connectivity index (χ4n) is 3.49. The van der Waals surface area contributed by atoms with Crippen molar-refractivity contribution in [2.24, 2.45) is 0 Å². The van der Waals surface area contributed by atoms with Gasteiger partial charge >= 0.3 is 0 Å². The number of carbonyl (C=O) groups is 1. The van der Waals surface area contributed by atoms with Gasteiger partial charge in [0.2, 0.25) is 10.0 Å². The molecule has 1 aliphatic heterocycles. The van der Waals surface area contributed by atoms with Crippen molar-refractivity contribution in [3.63, 3.8) is 0 Å². The molecule has 2 aromatic carbocycles. The first-order valence-electron chi connectivity index (χ1n) is 10.6. The molecule has 3 rings (SSSR count). The molecule has 180 valence electrons. The molecule has 0 bridgehead atoms. The first-order valence-corrected chi connectivity index (χ1v) is 12.0. The number of sulfonamides is 1. The van der Waals surface area contributed by atoms with Gasteiger partial charge in [-0.2, -0.15) is 4.31 Å². The maximum absolute atomic E-state index is 13.8. The van der Waals surface area contributed by atoms with E-state index >= 15 is 0 Å². The average Bonchev–Trinajstić information content (AvgIpc) is 2.79. The highest BCUT2D eigenvalue weighted by molar-refractivity contribution is 7.89. The van der Waals surface area contributed by atoms with Gasteiger partial charge in [0.15, 0.2) is 18.2 Å². The van der Waals surface area contributed by atoms with Crippen molar-refractivity contribution in [1.29, 1.82) is 0 Å². The number of rotatable bonds is 9. The van der Waals surface area contributed by atoms with E-state index in [2.05, 4.69) is 5.32 Å². The Kier molecular flexibility index (Phi) is 8.22. The second-order valence-corrected chi connectivity index (χ2v) is 9.22. The van der Waals surface area contributed by atoms with Gasteiger partial charge in [0, 0.05) is 32.2 Å². The van der Waals surface area contributed by atoms with Crippen LogP contribution in [0.5, 0.6) is 5.75 Å². The van der Waals surface area contributed by atoms with Crippen LogP contribution < -0.4 is 15.0 Å². The van der Waals surface area contributed by atoms with E-state index in [-0.39, 0.29) is 10.6 Å². The molecule has 1 heterocycles. The van der Waals surface area contributed by atoms with Crippen LogP contribution in [0.25, 0.3) is 0 Å². The van der Waals surface area contributed by atoms with Crippen LogP contribution in [0.1, 0.15) is 13.8 Å². The number of nitrogens with zero attached hydrogens (tertiary/aromatic N) is 2. The zero-order valence-corrected chi connectivity index (χ0v) is 19.3. The van der Waals surface area contributed by atoms with Crippen molar-refractivity contribution in [1.82, 2.24) is 4.31 Å². The van der Waals surface area contributed by atoms with Crippen LogP contribution in [0.15, 0.2) is 41.3 Å². The van der Waals surface area contributed by atoms with E-state index in [1.54, 1.807) is 19.9 Å². The summed E-state index contributed by atoms with van der Waals surface area (Å²) < 4.78 is 64.7. The molecule has 0 atom stereocenters. The lowest BCUT2D eigenvalue weighted by Crippen LogP contribution is -2.37. The summed E-state index contributed by atoms with van der Waals surface area (Å²) in [6.45, 7) is 5.71.